The fourth-order valence-electron chi connectivity index (χ4n) is 2.65. The van der Waals surface area contributed by atoms with Crippen molar-refractivity contribution in [1.82, 2.24) is 10.2 Å². The standard InChI is InChI=1S/C14H19N3O2/c18-14-15-10-13(19-14)11-16-6-8-17(9-7-16)12-4-2-1-3-5-12/h1-5,13H,6-11H2,(H,15,18). The van der Waals surface area contributed by atoms with Gasteiger partial charge >= 0.3 is 6.09 Å². The Morgan fingerprint density at radius 1 is 1.16 bits per heavy atom. The number of nitrogens with one attached hydrogen (secondary N) is 1. The summed E-state index contributed by atoms with van der Waals surface area (Å²) in [6.45, 7) is 5.56. The molecule has 0 spiro atoms. The summed E-state index contributed by atoms with van der Waals surface area (Å²) < 4.78 is 5.17. The van der Waals surface area contributed by atoms with Crippen molar-refractivity contribution in [2.24, 2.45) is 0 Å². The minimum atomic E-state index is -0.284. The number of carbonyl (C=O) groups is 1. The first-order chi connectivity index (χ1) is 9.31. The lowest BCUT2D eigenvalue weighted by molar-refractivity contribution is 0.106. The van der Waals surface area contributed by atoms with E-state index in [1.54, 1.807) is 0 Å². The number of benzene rings is 1. The van der Waals surface area contributed by atoms with Gasteiger partial charge in [-0.3, -0.25) is 4.90 Å². The second-order valence-corrected chi connectivity index (χ2v) is 5.03. The maximum absolute atomic E-state index is 11.0. The molecule has 1 amide bonds. The van der Waals surface area contributed by atoms with Gasteiger partial charge in [0.25, 0.3) is 0 Å². The van der Waals surface area contributed by atoms with E-state index in [0.29, 0.717) is 6.54 Å². The molecule has 1 atom stereocenters. The average Bonchev–Trinajstić information content (AvgIpc) is 2.86. The van der Waals surface area contributed by atoms with E-state index in [1.807, 2.05) is 6.07 Å². The lowest BCUT2D eigenvalue weighted by atomic mass is 10.2. The largest absolute Gasteiger partial charge is 0.443 e. The number of alkyl carbamates (subject to hydrolysis) is 1. The van der Waals surface area contributed by atoms with E-state index in [1.165, 1.54) is 5.69 Å². The molecule has 1 aromatic carbocycles. The van der Waals surface area contributed by atoms with Crippen molar-refractivity contribution in [3.05, 3.63) is 30.3 Å². The van der Waals surface area contributed by atoms with Crippen molar-refractivity contribution in [3.8, 4) is 0 Å². The number of rotatable bonds is 3. The number of ether oxygens (including phenoxy) is 1. The fraction of sp³-hybridized carbons (Fsp3) is 0.500. The summed E-state index contributed by atoms with van der Waals surface area (Å²) in [5.41, 5.74) is 1.29. The molecular weight excluding hydrogens is 242 g/mol. The highest BCUT2D eigenvalue weighted by atomic mass is 16.6. The Labute approximate surface area is 113 Å². The topological polar surface area (TPSA) is 44.8 Å². The Morgan fingerprint density at radius 2 is 1.89 bits per heavy atom. The molecule has 1 N–H and O–H groups in total. The van der Waals surface area contributed by atoms with Crippen molar-refractivity contribution < 1.29 is 9.53 Å². The first-order valence-electron chi connectivity index (χ1n) is 6.78. The molecule has 102 valence electrons. The van der Waals surface area contributed by atoms with Crippen molar-refractivity contribution in [2.45, 2.75) is 6.10 Å². The number of carbonyl (C=O) groups excluding carboxylic acids is 1. The van der Waals surface area contributed by atoms with E-state index in [-0.39, 0.29) is 12.2 Å². The molecule has 2 saturated heterocycles. The molecule has 2 fully saturated rings. The predicted molar refractivity (Wildman–Crippen MR) is 73.4 cm³/mol. The summed E-state index contributed by atoms with van der Waals surface area (Å²) in [6.07, 6.45) is -0.274. The van der Waals surface area contributed by atoms with E-state index >= 15 is 0 Å². The van der Waals surface area contributed by atoms with Gasteiger partial charge in [0, 0.05) is 38.4 Å². The highest BCUT2D eigenvalue weighted by molar-refractivity contribution is 5.69. The summed E-state index contributed by atoms with van der Waals surface area (Å²) >= 11 is 0. The zero-order valence-electron chi connectivity index (χ0n) is 10.9. The van der Waals surface area contributed by atoms with Crippen LogP contribution in [0.15, 0.2) is 30.3 Å². The Morgan fingerprint density at radius 3 is 2.53 bits per heavy atom. The lowest BCUT2D eigenvalue weighted by Gasteiger charge is -2.36. The van der Waals surface area contributed by atoms with Crippen LogP contribution < -0.4 is 10.2 Å². The molecule has 2 heterocycles. The van der Waals surface area contributed by atoms with Crippen LogP contribution in [-0.2, 0) is 4.74 Å². The zero-order valence-corrected chi connectivity index (χ0v) is 10.9. The van der Waals surface area contributed by atoms with Gasteiger partial charge in [-0.1, -0.05) is 18.2 Å². The summed E-state index contributed by atoms with van der Waals surface area (Å²) in [6, 6.07) is 10.5. The van der Waals surface area contributed by atoms with Crippen LogP contribution in [-0.4, -0.2) is 56.4 Å². The van der Waals surface area contributed by atoms with Crippen LogP contribution in [0, 0.1) is 0 Å². The van der Waals surface area contributed by atoms with Crippen molar-refractivity contribution in [2.75, 3.05) is 44.2 Å². The number of piperazine rings is 1. The Balaban J connectivity index is 1.48. The summed E-state index contributed by atoms with van der Waals surface area (Å²) in [5.74, 6) is 0. The monoisotopic (exact) mass is 261 g/mol. The molecule has 0 bridgehead atoms. The summed E-state index contributed by atoms with van der Waals surface area (Å²) in [5, 5.41) is 2.70. The SMILES string of the molecule is O=C1NCC(CN2CCN(c3ccccc3)CC2)O1. The van der Waals surface area contributed by atoms with Crippen LogP contribution in [0.25, 0.3) is 0 Å². The first kappa shape index (κ1) is 12.3. The number of hydrogen-bond donors (Lipinski definition) is 1. The molecule has 1 aromatic rings. The molecular formula is C14H19N3O2. The fourth-order valence-corrected chi connectivity index (χ4v) is 2.65. The molecule has 2 aliphatic heterocycles. The second kappa shape index (κ2) is 5.48. The van der Waals surface area contributed by atoms with E-state index in [9.17, 15) is 4.79 Å². The molecule has 5 nitrogen and oxygen atoms in total. The Hall–Kier alpha value is -1.75. The van der Waals surface area contributed by atoms with E-state index in [4.69, 9.17) is 4.74 Å². The molecule has 0 aliphatic carbocycles. The van der Waals surface area contributed by atoms with Gasteiger partial charge in [-0.15, -0.1) is 0 Å². The maximum Gasteiger partial charge on any atom is 0.407 e. The third kappa shape index (κ3) is 2.98. The van der Waals surface area contributed by atoms with Crippen LogP contribution in [0.1, 0.15) is 0 Å². The smallest absolute Gasteiger partial charge is 0.407 e. The number of para-hydroxylation sites is 1. The van der Waals surface area contributed by atoms with Gasteiger partial charge in [-0.25, -0.2) is 4.79 Å². The molecule has 0 radical (unpaired) electrons. The second-order valence-electron chi connectivity index (χ2n) is 5.03. The number of anilines is 1. The minimum absolute atomic E-state index is 0.00998. The third-order valence-corrected chi connectivity index (χ3v) is 3.70. The maximum atomic E-state index is 11.0. The van der Waals surface area contributed by atoms with Gasteiger partial charge in [0.15, 0.2) is 0 Å². The lowest BCUT2D eigenvalue weighted by Crippen LogP contribution is -2.49. The molecule has 0 aromatic heterocycles. The van der Waals surface area contributed by atoms with Crippen molar-refractivity contribution >= 4 is 11.8 Å². The van der Waals surface area contributed by atoms with E-state index < -0.39 is 0 Å². The quantitative estimate of drug-likeness (QED) is 0.878. The van der Waals surface area contributed by atoms with Gasteiger partial charge in [0.1, 0.15) is 6.10 Å². The van der Waals surface area contributed by atoms with Crippen LogP contribution in [0.3, 0.4) is 0 Å². The molecule has 3 rings (SSSR count). The molecule has 19 heavy (non-hydrogen) atoms. The zero-order chi connectivity index (χ0) is 13.1. The van der Waals surface area contributed by atoms with Gasteiger partial charge < -0.3 is 15.0 Å². The van der Waals surface area contributed by atoms with Gasteiger partial charge in [0.2, 0.25) is 0 Å². The molecule has 0 saturated carbocycles. The summed E-state index contributed by atoms with van der Waals surface area (Å²) in [7, 11) is 0. The van der Waals surface area contributed by atoms with E-state index in [0.717, 1.165) is 32.7 Å². The highest BCUT2D eigenvalue weighted by Crippen LogP contribution is 2.16. The molecule has 5 heteroatoms. The van der Waals surface area contributed by atoms with Crippen molar-refractivity contribution in [1.29, 1.82) is 0 Å². The Bertz CT molecular complexity index is 430. The molecule has 2 aliphatic rings. The van der Waals surface area contributed by atoms with Crippen LogP contribution in [0.2, 0.25) is 0 Å². The molecule has 1 unspecified atom stereocenters. The highest BCUT2D eigenvalue weighted by Gasteiger charge is 2.26. The number of amides is 1. The van der Waals surface area contributed by atoms with Crippen molar-refractivity contribution in [3.63, 3.8) is 0 Å². The third-order valence-electron chi connectivity index (χ3n) is 3.70. The van der Waals surface area contributed by atoms with E-state index in [2.05, 4.69) is 39.4 Å². The normalized spacial score (nSPS) is 24.1. The number of cyclic esters (lactones) is 1. The van der Waals surface area contributed by atoms with Crippen LogP contribution in [0.4, 0.5) is 10.5 Å². The van der Waals surface area contributed by atoms with Gasteiger partial charge in [0.05, 0.1) is 6.54 Å². The average molecular weight is 261 g/mol. The minimum Gasteiger partial charge on any atom is -0.443 e. The Kier molecular flexibility index (Phi) is 3.55. The predicted octanol–water partition coefficient (Wildman–Crippen LogP) is 0.917. The van der Waals surface area contributed by atoms with Gasteiger partial charge in [-0.2, -0.15) is 0 Å². The number of hydrogen-bond acceptors (Lipinski definition) is 4. The number of nitrogens with zero attached hydrogens (tertiary/aromatic N) is 2. The van der Waals surface area contributed by atoms with Gasteiger partial charge in [-0.05, 0) is 12.1 Å². The van der Waals surface area contributed by atoms with Crippen LogP contribution in [0.5, 0.6) is 0 Å². The summed E-state index contributed by atoms with van der Waals surface area (Å²) in [4.78, 5) is 15.7. The van der Waals surface area contributed by atoms with Crippen LogP contribution >= 0.6 is 0 Å². The first-order valence-corrected chi connectivity index (χ1v) is 6.78.